The van der Waals surface area contributed by atoms with E-state index in [0.29, 0.717) is 24.1 Å². The van der Waals surface area contributed by atoms with Gasteiger partial charge in [0, 0.05) is 6.54 Å². The van der Waals surface area contributed by atoms with E-state index in [0.717, 1.165) is 12.8 Å². The number of benzene rings is 1. The average molecular weight is 308 g/mol. The van der Waals surface area contributed by atoms with Crippen molar-refractivity contribution in [3.05, 3.63) is 29.3 Å². The number of hydrogen-bond donors (Lipinski definition) is 1. The second-order valence-corrected chi connectivity index (χ2v) is 7.37. The molecule has 2 atom stereocenters. The van der Waals surface area contributed by atoms with E-state index >= 15 is 0 Å². The predicted octanol–water partition coefficient (Wildman–Crippen LogP) is 1.79. The quantitative estimate of drug-likeness (QED) is 0.923. The van der Waals surface area contributed by atoms with Gasteiger partial charge in [0.05, 0.1) is 28.7 Å². The molecule has 1 fully saturated rings. The van der Waals surface area contributed by atoms with Crippen molar-refractivity contribution < 1.29 is 13.5 Å². The Morgan fingerprint density at radius 2 is 2.14 bits per heavy atom. The highest BCUT2D eigenvalue weighted by atomic mass is 32.2. The van der Waals surface area contributed by atoms with Crippen molar-refractivity contribution in [1.29, 1.82) is 5.26 Å². The number of rotatable bonds is 3. The van der Waals surface area contributed by atoms with Gasteiger partial charge in [-0.25, -0.2) is 8.42 Å². The van der Waals surface area contributed by atoms with Crippen molar-refractivity contribution in [1.82, 2.24) is 4.31 Å². The fourth-order valence-electron chi connectivity index (χ4n) is 2.79. The lowest BCUT2D eigenvalue weighted by molar-refractivity contribution is 0.0831. The van der Waals surface area contributed by atoms with Gasteiger partial charge in [0.15, 0.2) is 0 Å². The fourth-order valence-corrected chi connectivity index (χ4v) is 4.80. The highest BCUT2D eigenvalue weighted by molar-refractivity contribution is 7.89. The summed E-state index contributed by atoms with van der Waals surface area (Å²) in [5, 5.41) is 18.8. The Morgan fingerprint density at radius 3 is 2.76 bits per heavy atom. The Bertz CT molecular complexity index is 662. The summed E-state index contributed by atoms with van der Waals surface area (Å²) >= 11 is 0. The van der Waals surface area contributed by atoms with Crippen LogP contribution in [-0.2, 0) is 10.0 Å². The predicted molar refractivity (Wildman–Crippen MR) is 79.1 cm³/mol. The molecular weight excluding hydrogens is 288 g/mol. The first-order valence-corrected chi connectivity index (χ1v) is 8.52. The molecule has 114 valence electrons. The number of aliphatic hydroxyl groups is 1. The number of piperidine rings is 1. The molecule has 21 heavy (non-hydrogen) atoms. The van der Waals surface area contributed by atoms with Crippen molar-refractivity contribution in [3.8, 4) is 6.07 Å². The van der Waals surface area contributed by atoms with Crippen LogP contribution in [0.2, 0.25) is 0 Å². The zero-order valence-corrected chi connectivity index (χ0v) is 13.1. The van der Waals surface area contributed by atoms with Crippen LogP contribution in [-0.4, -0.2) is 36.5 Å². The molecule has 0 amide bonds. The van der Waals surface area contributed by atoms with Gasteiger partial charge in [-0.2, -0.15) is 9.57 Å². The summed E-state index contributed by atoms with van der Waals surface area (Å²) in [4.78, 5) is 0.161. The molecule has 0 aliphatic carbocycles. The number of sulfonamides is 1. The minimum Gasteiger partial charge on any atom is -0.392 e. The van der Waals surface area contributed by atoms with Gasteiger partial charge in [-0.3, -0.25) is 0 Å². The van der Waals surface area contributed by atoms with E-state index in [9.17, 15) is 13.5 Å². The number of aliphatic hydroxyl groups excluding tert-OH is 1. The molecule has 1 aromatic rings. The van der Waals surface area contributed by atoms with E-state index in [2.05, 4.69) is 0 Å². The summed E-state index contributed by atoms with van der Waals surface area (Å²) in [7, 11) is -3.70. The van der Waals surface area contributed by atoms with Gasteiger partial charge < -0.3 is 5.11 Å². The maximum atomic E-state index is 12.9. The van der Waals surface area contributed by atoms with Crippen molar-refractivity contribution in [2.45, 2.75) is 50.2 Å². The van der Waals surface area contributed by atoms with E-state index < -0.39 is 22.2 Å². The normalized spacial score (nSPS) is 21.7. The zero-order chi connectivity index (χ0) is 15.6. The molecule has 1 saturated heterocycles. The third-order valence-electron chi connectivity index (χ3n) is 3.96. The maximum absolute atomic E-state index is 12.9. The van der Waals surface area contributed by atoms with Crippen LogP contribution in [0, 0.1) is 18.3 Å². The molecular formula is C15H20N2O3S. The molecule has 5 nitrogen and oxygen atoms in total. The summed E-state index contributed by atoms with van der Waals surface area (Å²) < 4.78 is 27.2. The molecule has 1 aliphatic heterocycles. The first-order chi connectivity index (χ1) is 9.87. The third kappa shape index (κ3) is 3.10. The largest absolute Gasteiger partial charge is 0.392 e. The van der Waals surface area contributed by atoms with Crippen molar-refractivity contribution in [3.63, 3.8) is 0 Å². The number of hydrogen-bond acceptors (Lipinski definition) is 4. The van der Waals surface area contributed by atoms with E-state index in [1.165, 1.54) is 10.4 Å². The lowest BCUT2D eigenvalue weighted by Gasteiger charge is -2.36. The van der Waals surface area contributed by atoms with Crippen LogP contribution in [0.1, 0.15) is 37.3 Å². The summed E-state index contributed by atoms with van der Waals surface area (Å²) in [5.41, 5.74) is 0.939. The summed E-state index contributed by atoms with van der Waals surface area (Å²) in [5.74, 6) is 0. The number of nitriles is 1. The van der Waals surface area contributed by atoms with Gasteiger partial charge in [0.25, 0.3) is 0 Å². The summed E-state index contributed by atoms with van der Waals surface area (Å²) in [6.07, 6.45) is 1.66. The minimum atomic E-state index is -3.70. The fraction of sp³-hybridized carbons (Fsp3) is 0.533. The second kappa shape index (κ2) is 6.14. The molecule has 1 N–H and O–H groups in total. The van der Waals surface area contributed by atoms with Crippen molar-refractivity contribution in [2.24, 2.45) is 0 Å². The van der Waals surface area contributed by atoms with E-state index in [1.54, 1.807) is 26.0 Å². The van der Waals surface area contributed by atoms with Crippen molar-refractivity contribution in [2.75, 3.05) is 6.54 Å². The summed E-state index contributed by atoms with van der Waals surface area (Å²) in [6, 6.07) is 6.25. The Labute approximate surface area is 125 Å². The topological polar surface area (TPSA) is 81.4 Å². The molecule has 1 aliphatic rings. The van der Waals surface area contributed by atoms with E-state index in [-0.39, 0.29) is 4.90 Å². The summed E-state index contributed by atoms with van der Waals surface area (Å²) in [6.45, 7) is 3.75. The standard InChI is InChI=1S/C15H20N2O3S/c1-11-6-7-13(10-16)9-15(11)21(19,20)17-8-4-3-5-14(17)12(2)18/h6-7,9,12,14,18H,3-5,8H2,1-2H3. The maximum Gasteiger partial charge on any atom is 0.243 e. The molecule has 0 saturated carbocycles. The number of nitrogens with zero attached hydrogens (tertiary/aromatic N) is 2. The van der Waals surface area contributed by atoms with Crippen molar-refractivity contribution >= 4 is 10.0 Å². The highest BCUT2D eigenvalue weighted by Gasteiger charge is 2.36. The van der Waals surface area contributed by atoms with Crippen LogP contribution in [0.3, 0.4) is 0 Å². The van der Waals surface area contributed by atoms with Gasteiger partial charge >= 0.3 is 0 Å². The van der Waals surface area contributed by atoms with Gasteiger partial charge in [-0.15, -0.1) is 0 Å². The third-order valence-corrected chi connectivity index (χ3v) is 6.03. The molecule has 2 rings (SSSR count). The van der Waals surface area contributed by atoms with Crippen LogP contribution < -0.4 is 0 Å². The zero-order valence-electron chi connectivity index (χ0n) is 12.3. The monoisotopic (exact) mass is 308 g/mol. The van der Waals surface area contributed by atoms with Gasteiger partial charge in [-0.1, -0.05) is 12.5 Å². The van der Waals surface area contributed by atoms with Gasteiger partial charge in [0.1, 0.15) is 0 Å². The molecule has 1 aromatic carbocycles. The molecule has 2 unspecified atom stereocenters. The molecule has 1 heterocycles. The van der Waals surface area contributed by atoms with Gasteiger partial charge in [-0.05, 0) is 44.4 Å². The van der Waals surface area contributed by atoms with Crippen LogP contribution in [0.15, 0.2) is 23.1 Å². The van der Waals surface area contributed by atoms with Crippen LogP contribution in [0.25, 0.3) is 0 Å². The molecule has 6 heteroatoms. The lowest BCUT2D eigenvalue weighted by atomic mass is 10.0. The first kappa shape index (κ1) is 16.0. The number of aryl methyl sites for hydroxylation is 1. The average Bonchev–Trinajstić information content (AvgIpc) is 2.47. The molecule has 0 aromatic heterocycles. The molecule has 0 spiro atoms. The van der Waals surface area contributed by atoms with Crippen LogP contribution >= 0.6 is 0 Å². The van der Waals surface area contributed by atoms with E-state index in [1.807, 2.05) is 6.07 Å². The Morgan fingerprint density at radius 1 is 1.43 bits per heavy atom. The lowest BCUT2D eigenvalue weighted by Crippen LogP contribution is -2.48. The second-order valence-electron chi connectivity index (χ2n) is 5.51. The Balaban J connectivity index is 2.48. The molecule has 0 radical (unpaired) electrons. The molecule has 0 bridgehead atoms. The highest BCUT2D eigenvalue weighted by Crippen LogP contribution is 2.29. The first-order valence-electron chi connectivity index (χ1n) is 7.08. The van der Waals surface area contributed by atoms with Crippen LogP contribution in [0.5, 0.6) is 0 Å². The van der Waals surface area contributed by atoms with Crippen LogP contribution in [0.4, 0.5) is 0 Å². The minimum absolute atomic E-state index is 0.161. The Hall–Kier alpha value is -1.42. The SMILES string of the molecule is Cc1ccc(C#N)cc1S(=O)(=O)N1CCCCC1C(C)O. The Kier molecular flexibility index (Phi) is 4.67. The van der Waals surface area contributed by atoms with E-state index in [4.69, 9.17) is 5.26 Å². The smallest absolute Gasteiger partial charge is 0.243 e. The van der Waals surface area contributed by atoms with Gasteiger partial charge in [0.2, 0.25) is 10.0 Å².